The summed E-state index contributed by atoms with van der Waals surface area (Å²) in [5, 5.41) is 132. The molecular formula is C47H72N4O22. The number of carbonyl (C=O) groups excluding carboxylic acids is 1. The zero-order valence-electron chi connectivity index (χ0n) is 40.4. The Balaban J connectivity index is 0.000000321. The Morgan fingerprint density at radius 3 is 1.99 bits per heavy atom. The summed E-state index contributed by atoms with van der Waals surface area (Å²) in [6, 6.07) is -2.47. The second kappa shape index (κ2) is 26.6. The number of carbonyl (C=O) groups is 3. The Kier molecular flexibility index (Phi) is 21.7. The first-order valence-electron chi connectivity index (χ1n) is 24.0. The van der Waals surface area contributed by atoms with Gasteiger partial charge >= 0.3 is 17.9 Å². The van der Waals surface area contributed by atoms with E-state index in [4.69, 9.17) is 55.1 Å². The summed E-state index contributed by atoms with van der Waals surface area (Å²) < 4.78 is 39.5. The minimum absolute atomic E-state index is 0.0789. The second-order valence-corrected chi connectivity index (χ2v) is 19.2. The predicted octanol–water partition coefficient (Wildman–Crippen LogP) is -4.21. The molecule has 1 saturated carbocycles. The van der Waals surface area contributed by atoms with Gasteiger partial charge in [-0.3, -0.25) is 10.2 Å². The van der Waals surface area contributed by atoms with E-state index in [0.29, 0.717) is 6.42 Å². The van der Waals surface area contributed by atoms with E-state index in [2.05, 4.69) is 5.32 Å². The maximum atomic E-state index is 12.3. The van der Waals surface area contributed by atoms with Crippen LogP contribution in [0.4, 0.5) is 0 Å². The molecule has 18 N–H and O–H groups in total. The smallest absolute Gasteiger partial charge is 0.370 e. The first-order valence-corrected chi connectivity index (χ1v) is 24.0. The van der Waals surface area contributed by atoms with Crippen LogP contribution in [0.2, 0.25) is 0 Å². The van der Waals surface area contributed by atoms with Crippen LogP contribution >= 0.6 is 0 Å². The van der Waals surface area contributed by atoms with Crippen molar-refractivity contribution in [2.24, 2.45) is 17.4 Å². The van der Waals surface area contributed by atoms with Gasteiger partial charge in [-0.15, -0.1) is 0 Å². The topological polar surface area (TPSA) is 450 Å². The number of nitrogens with two attached hydrogens (primary N) is 2. The molecule has 0 amide bonds. The van der Waals surface area contributed by atoms with Crippen LogP contribution in [0.15, 0.2) is 60.8 Å². The second-order valence-electron chi connectivity index (χ2n) is 19.2. The Morgan fingerprint density at radius 2 is 1.34 bits per heavy atom. The number of hydrogen-bond donors (Lipinski definition) is 16. The summed E-state index contributed by atoms with van der Waals surface area (Å²) in [5.41, 5.74) is 11.9. The fourth-order valence-electron chi connectivity index (χ4n) is 9.08. The molecule has 26 heteroatoms. The molecule has 0 aromatic carbocycles. The lowest BCUT2D eigenvalue weighted by Gasteiger charge is -2.45. The maximum absolute atomic E-state index is 12.3. The number of amidine groups is 1. The average Bonchev–Trinajstić information content (AvgIpc) is 4.06. The Morgan fingerprint density at radius 1 is 0.726 bits per heavy atom. The predicted molar refractivity (Wildman–Crippen MR) is 249 cm³/mol. The number of hydrogen-bond acceptors (Lipinski definition) is 23. The number of fused-ring (bicyclic) bond motifs is 3. The molecule has 5 aliphatic heterocycles. The molecule has 0 aromatic rings. The molecule has 4 saturated heterocycles. The van der Waals surface area contributed by atoms with Gasteiger partial charge in [0.25, 0.3) is 0 Å². The van der Waals surface area contributed by atoms with Crippen molar-refractivity contribution in [3.8, 4) is 0 Å². The molecular weight excluding hydrogens is 973 g/mol. The van der Waals surface area contributed by atoms with Crippen molar-refractivity contribution in [1.82, 2.24) is 5.32 Å². The standard InChI is InChI=1S/C33H47NO13.C14H25N3O9/c1-18-10-8-6-4-3-5-7-9-11-21(45-32-30(39)28(34)29(38)19(2)44-32)15-25-27(31(40)41)22(36)17-33(42,47-25)16-20(35)14-24-23(46-24)12-13-26(37)43-18;1-3-5(17-12(16)13(23)24)2-4(15)14(25-3)26-11-9(21)7(19)6(18)8(20)10(11)22/h3-9,11-13,18-25,27-30,32,35-36,38-39,42H,10,14-17,34H2,1-2H3,(H,40,41);3-11,14,18-22H,2,15H2,1H3,(H2,16,17)(H,23,24)/b4-3-,7-5+,8-6+,11-9+,13-12+;/t18-,19-,20+,21+,22+,23-,24-,25+,27-,28+,29-,30+,32+,33-;3-,4+,5+,6-,7+,8+,9-,10+,11+,14-/m11/s1. The number of aliphatic carboxylic acids is 2. The van der Waals surface area contributed by atoms with E-state index in [1.165, 1.54) is 12.2 Å². The van der Waals surface area contributed by atoms with Gasteiger partial charge in [-0.25, -0.2) is 9.59 Å². The van der Waals surface area contributed by atoms with Crippen molar-refractivity contribution in [2.75, 3.05) is 0 Å². The molecule has 73 heavy (non-hydrogen) atoms. The van der Waals surface area contributed by atoms with E-state index >= 15 is 0 Å². The summed E-state index contributed by atoms with van der Waals surface area (Å²) in [6.07, 6.45) is -6.40. The highest BCUT2D eigenvalue weighted by atomic mass is 16.7. The Labute approximate surface area is 420 Å². The van der Waals surface area contributed by atoms with Crippen LogP contribution in [0.25, 0.3) is 0 Å². The quantitative estimate of drug-likeness (QED) is 0.0519. The Bertz CT molecular complexity index is 1990. The van der Waals surface area contributed by atoms with E-state index in [1.807, 2.05) is 6.08 Å². The molecule has 0 radical (unpaired) electrons. The van der Waals surface area contributed by atoms with Gasteiger partial charge in [0.05, 0.1) is 67.0 Å². The van der Waals surface area contributed by atoms with Gasteiger partial charge in [-0.2, -0.15) is 0 Å². The number of rotatable bonds is 6. The third-order valence-corrected chi connectivity index (χ3v) is 13.3. The van der Waals surface area contributed by atoms with E-state index < -0.39 is 170 Å². The average molecular weight is 1050 g/mol. The summed E-state index contributed by atoms with van der Waals surface area (Å²) in [6.45, 7) is 4.93. The van der Waals surface area contributed by atoms with Crippen LogP contribution in [0.3, 0.4) is 0 Å². The molecule has 6 aliphatic rings. The Hall–Kier alpha value is -4.14. The van der Waals surface area contributed by atoms with Crippen molar-refractivity contribution in [3.05, 3.63) is 60.8 Å². The van der Waals surface area contributed by atoms with Gasteiger partial charge in [0.1, 0.15) is 60.9 Å². The van der Waals surface area contributed by atoms with Crippen LogP contribution in [0, 0.1) is 11.3 Å². The largest absolute Gasteiger partial charge is 0.481 e. The van der Waals surface area contributed by atoms with Crippen LogP contribution in [0.1, 0.15) is 59.3 Å². The van der Waals surface area contributed by atoms with Crippen LogP contribution in [-0.4, -0.2) is 225 Å². The minimum Gasteiger partial charge on any atom is -0.481 e. The molecule has 0 unspecified atom stereocenters. The fraction of sp³-hybridized carbons (Fsp3) is 0.702. The summed E-state index contributed by atoms with van der Waals surface area (Å²) in [4.78, 5) is 35.2. The van der Waals surface area contributed by atoms with Crippen molar-refractivity contribution in [3.63, 3.8) is 0 Å². The zero-order chi connectivity index (χ0) is 54.1. The first-order chi connectivity index (χ1) is 34.3. The number of ether oxygens (including phenoxy) is 7. The molecule has 0 spiro atoms. The van der Waals surface area contributed by atoms with Gasteiger partial charge in [0.2, 0.25) is 5.84 Å². The number of nitrogens with one attached hydrogen (secondary N) is 2. The number of cyclic esters (lactones) is 1. The first kappa shape index (κ1) is 59.7. The maximum Gasteiger partial charge on any atom is 0.370 e. The number of carboxylic acid groups (broad SMARTS) is 2. The molecule has 24 atom stereocenters. The SMILES string of the molecule is C[C@@H]1C/C=C/C=C\C=C\C=C\[C@H](O[C@@H]2O[C@H](C)[C@@H](O)[C@H](N)[C@@H]2O)C[C@@H]2O[C@](O)(C[C@@H](O)C[C@H]3O[C@@H]3/C=C/C(=O)O1)C[C@H](O)[C@H]2C(=O)O.C[C@H]1O[C@H](O[C@H]2[C@H](O)[C@@H](O)[C@@H](O)[C@H](O)[C@@H]2O)[C@@H](N)C[C@@H]1NC(=N)C(=O)O. The van der Waals surface area contributed by atoms with Crippen LogP contribution < -0.4 is 16.8 Å². The minimum atomic E-state index is -2.10. The molecule has 5 heterocycles. The number of aliphatic hydroxyl groups excluding tert-OH is 9. The third kappa shape index (κ3) is 16.4. The third-order valence-electron chi connectivity index (χ3n) is 13.3. The molecule has 5 fully saturated rings. The van der Waals surface area contributed by atoms with Crippen molar-refractivity contribution in [2.45, 2.75) is 200 Å². The van der Waals surface area contributed by atoms with Gasteiger partial charge in [-0.05, 0) is 33.3 Å². The van der Waals surface area contributed by atoms with E-state index in [9.17, 15) is 70.6 Å². The number of esters is 1. The molecule has 412 valence electrons. The van der Waals surface area contributed by atoms with Crippen LogP contribution in [-0.2, 0) is 47.5 Å². The van der Waals surface area contributed by atoms with E-state index in [0.717, 1.165) is 0 Å². The van der Waals surface area contributed by atoms with Crippen molar-refractivity contribution < 1.29 is 109 Å². The molecule has 26 nitrogen and oxygen atoms in total. The lowest BCUT2D eigenvalue weighted by atomic mass is 9.83. The number of allylic oxidation sites excluding steroid dienone is 6. The fourth-order valence-corrected chi connectivity index (χ4v) is 9.08. The lowest BCUT2D eigenvalue weighted by molar-refractivity contribution is -0.308. The molecule has 1 aliphatic carbocycles. The van der Waals surface area contributed by atoms with Crippen molar-refractivity contribution >= 4 is 23.7 Å². The van der Waals surface area contributed by atoms with Gasteiger partial charge in [-0.1, -0.05) is 48.6 Å². The van der Waals surface area contributed by atoms with Crippen LogP contribution in [0.5, 0.6) is 0 Å². The van der Waals surface area contributed by atoms with Gasteiger partial charge in [0, 0.05) is 38.2 Å². The van der Waals surface area contributed by atoms with E-state index in [-0.39, 0.29) is 31.8 Å². The summed E-state index contributed by atoms with van der Waals surface area (Å²) in [5.74, 6) is -7.59. The number of epoxide rings is 1. The highest BCUT2D eigenvalue weighted by Crippen LogP contribution is 2.39. The van der Waals surface area contributed by atoms with E-state index in [1.54, 1.807) is 63.3 Å². The monoisotopic (exact) mass is 1040 g/mol. The molecule has 6 rings (SSSR count). The zero-order valence-corrected chi connectivity index (χ0v) is 40.4. The van der Waals surface area contributed by atoms with Gasteiger partial charge in [0.15, 0.2) is 18.4 Å². The number of carboxylic acids is 2. The highest BCUT2D eigenvalue weighted by Gasteiger charge is 2.53. The summed E-state index contributed by atoms with van der Waals surface area (Å²) in [7, 11) is 0. The normalized spacial score (nSPS) is 47.0. The van der Waals surface area contributed by atoms with Gasteiger partial charge < -0.3 is 111 Å². The molecule has 2 bridgehead atoms. The summed E-state index contributed by atoms with van der Waals surface area (Å²) >= 11 is 0. The lowest BCUT2D eigenvalue weighted by Crippen LogP contribution is -2.66. The highest BCUT2D eigenvalue weighted by molar-refractivity contribution is 6.33. The number of aliphatic hydroxyl groups is 10. The van der Waals surface area contributed by atoms with Crippen molar-refractivity contribution in [1.29, 1.82) is 5.41 Å². The molecule has 0 aromatic heterocycles.